The van der Waals surface area contributed by atoms with Crippen molar-refractivity contribution in [2.45, 2.75) is 20.0 Å². The van der Waals surface area contributed by atoms with Gasteiger partial charge in [-0.25, -0.2) is 0 Å². The molecule has 1 amide bonds. The zero-order chi connectivity index (χ0) is 16.1. The molecule has 2 aromatic rings. The van der Waals surface area contributed by atoms with Crippen molar-refractivity contribution in [3.05, 3.63) is 41.7 Å². The van der Waals surface area contributed by atoms with E-state index in [1.54, 1.807) is 50.6 Å². The fourth-order valence-corrected chi connectivity index (χ4v) is 2.25. The first kappa shape index (κ1) is 15.9. The predicted octanol–water partition coefficient (Wildman–Crippen LogP) is 2.19. The van der Waals surface area contributed by atoms with E-state index in [1.165, 1.54) is 0 Å². The number of carbonyl (C=O) groups excluding carboxylic acids is 1. The highest BCUT2D eigenvalue weighted by molar-refractivity contribution is 5.94. The van der Waals surface area contributed by atoms with Crippen molar-refractivity contribution < 1.29 is 14.3 Å². The summed E-state index contributed by atoms with van der Waals surface area (Å²) in [7, 11) is 4.89. The van der Waals surface area contributed by atoms with Crippen molar-refractivity contribution in [1.29, 1.82) is 0 Å². The average Bonchev–Trinajstić information content (AvgIpc) is 3.00. The molecule has 0 fully saturated rings. The van der Waals surface area contributed by atoms with Gasteiger partial charge in [-0.1, -0.05) is 0 Å². The van der Waals surface area contributed by atoms with Gasteiger partial charge in [0.05, 0.1) is 26.5 Å². The Labute approximate surface area is 130 Å². The number of ether oxygens (including phenoxy) is 2. The third-order valence-corrected chi connectivity index (χ3v) is 3.45. The lowest BCUT2D eigenvalue weighted by molar-refractivity contribution is 0.0781. The lowest BCUT2D eigenvalue weighted by Gasteiger charge is -2.18. The van der Waals surface area contributed by atoms with Gasteiger partial charge in [0.25, 0.3) is 5.91 Å². The van der Waals surface area contributed by atoms with Crippen molar-refractivity contribution >= 4 is 5.91 Å². The van der Waals surface area contributed by atoms with Gasteiger partial charge in [0.15, 0.2) is 0 Å². The summed E-state index contributed by atoms with van der Waals surface area (Å²) < 4.78 is 12.3. The normalized spacial score (nSPS) is 10.4. The third-order valence-electron chi connectivity index (χ3n) is 3.45. The quantitative estimate of drug-likeness (QED) is 0.821. The standard InChI is InChI=1S/C16H21N3O3/c1-5-19-13(6-7-17-19)11-18(2)16(20)12-8-14(21-3)10-15(9-12)22-4/h6-10H,5,11H2,1-4H3. The van der Waals surface area contributed by atoms with E-state index in [0.29, 0.717) is 23.6 Å². The van der Waals surface area contributed by atoms with Crippen LogP contribution in [0.5, 0.6) is 11.5 Å². The SMILES string of the molecule is CCn1nccc1CN(C)C(=O)c1cc(OC)cc(OC)c1. The molecule has 0 aliphatic heterocycles. The highest BCUT2D eigenvalue weighted by Gasteiger charge is 2.16. The van der Waals surface area contributed by atoms with Crippen LogP contribution in [0.25, 0.3) is 0 Å². The number of hydrogen-bond acceptors (Lipinski definition) is 4. The van der Waals surface area contributed by atoms with Crippen molar-refractivity contribution in [3.8, 4) is 11.5 Å². The first-order chi connectivity index (χ1) is 10.6. The zero-order valence-corrected chi connectivity index (χ0v) is 13.4. The summed E-state index contributed by atoms with van der Waals surface area (Å²) in [4.78, 5) is 14.2. The highest BCUT2D eigenvalue weighted by Crippen LogP contribution is 2.23. The van der Waals surface area contributed by atoms with Gasteiger partial charge in [0.1, 0.15) is 11.5 Å². The zero-order valence-electron chi connectivity index (χ0n) is 13.4. The number of benzene rings is 1. The van der Waals surface area contributed by atoms with Crippen LogP contribution in [0.4, 0.5) is 0 Å². The molecule has 0 bridgehead atoms. The smallest absolute Gasteiger partial charge is 0.254 e. The van der Waals surface area contributed by atoms with E-state index in [-0.39, 0.29) is 5.91 Å². The van der Waals surface area contributed by atoms with Crippen LogP contribution in [0.2, 0.25) is 0 Å². The maximum Gasteiger partial charge on any atom is 0.254 e. The molecule has 0 aliphatic rings. The molecule has 118 valence electrons. The number of carbonyl (C=O) groups is 1. The maximum atomic E-state index is 12.6. The van der Waals surface area contributed by atoms with Crippen LogP contribution in [0, 0.1) is 0 Å². The van der Waals surface area contributed by atoms with E-state index in [2.05, 4.69) is 5.10 Å². The molecule has 1 aromatic carbocycles. The molecule has 6 nitrogen and oxygen atoms in total. The molecule has 6 heteroatoms. The number of rotatable bonds is 6. The van der Waals surface area contributed by atoms with Crippen LogP contribution < -0.4 is 9.47 Å². The number of methoxy groups -OCH3 is 2. The molecule has 0 saturated heterocycles. The topological polar surface area (TPSA) is 56.6 Å². The van der Waals surface area contributed by atoms with Crippen LogP contribution in [0.3, 0.4) is 0 Å². The van der Waals surface area contributed by atoms with Gasteiger partial charge < -0.3 is 14.4 Å². The molecule has 1 heterocycles. The second-order valence-electron chi connectivity index (χ2n) is 4.90. The fraction of sp³-hybridized carbons (Fsp3) is 0.375. The molecular formula is C16H21N3O3. The minimum Gasteiger partial charge on any atom is -0.497 e. The molecule has 0 unspecified atom stereocenters. The highest BCUT2D eigenvalue weighted by atomic mass is 16.5. The summed E-state index contributed by atoms with van der Waals surface area (Å²) in [5.74, 6) is 1.09. The molecule has 0 saturated carbocycles. The third kappa shape index (κ3) is 3.39. The second kappa shape index (κ2) is 6.98. The van der Waals surface area contributed by atoms with E-state index in [9.17, 15) is 4.79 Å². The number of nitrogens with zero attached hydrogens (tertiary/aromatic N) is 3. The van der Waals surface area contributed by atoms with Crippen LogP contribution in [-0.2, 0) is 13.1 Å². The Morgan fingerprint density at radius 2 is 1.86 bits per heavy atom. The summed E-state index contributed by atoms with van der Waals surface area (Å²) in [5.41, 5.74) is 1.52. The summed E-state index contributed by atoms with van der Waals surface area (Å²) >= 11 is 0. The second-order valence-corrected chi connectivity index (χ2v) is 4.90. The van der Waals surface area contributed by atoms with Gasteiger partial charge in [0.2, 0.25) is 0 Å². The number of aryl methyl sites for hydroxylation is 1. The first-order valence-electron chi connectivity index (χ1n) is 7.08. The van der Waals surface area contributed by atoms with Gasteiger partial charge in [-0.05, 0) is 25.1 Å². The number of aromatic nitrogens is 2. The van der Waals surface area contributed by atoms with E-state index in [0.717, 1.165) is 12.2 Å². The first-order valence-corrected chi connectivity index (χ1v) is 7.08. The molecule has 0 atom stereocenters. The lowest BCUT2D eigenvalue weighted by atomic mass is 10.1. The maximum absolute atomic E-state index is 12.6. The Kier molecular flexibility index (Phi) is 5.04. The van der Waals surface area contributed by atoms with E-state index < -0.39 is 0 Å². The van der Waals surface area contributed by atoms with Crippen LogP contribution in [0.1, 0.15) is 23.0 Å². The monoisotopic (exact) mass is 303 g/mol. The average molecular weight is 303 g/mol. The van der Waals surface area contributed by atoms with E-state index in [1.807, 2.05) is 17.7 Å². The van der Waals surface area contributed by atoms with Crippen LogP contribution in [-0.4, -0.2) is 41.9 Å². The molecule has 0 spiro atoms. The summed E-state index contributed by atoms with van der Waals surface area (Å²) in [6.45, 7) is 3.29. The Morgan fingerprint density at radius 1 is 1.23 bits per heavy atom. The predicted molar refractivity (Wildman–Crippen MR) is 83.2 cm³/mol. The Balaban J connectivity index is 2.20. The molecule has 0 aliphatic carbocycles. The molecule has 22 heavy (non-hydrogen) atoms. The minimum atomic E-state index is -0.0962. The Bertz CT molecular complexity index is 630. The van der Waals surface area contributed by atoms with Crippen molar-refractivity contribution in [3.63, 3.8) is 0 Å². The van der Waals surface area contributed by atoms with E-state index >= 15 is 0 Å². The summed E-state index contributed by atoms with van der Waals surface area (Å²) in [6, 6.07) is 7.07. The van der Waals surface area contributed by atoms with Gasteiger partial charge in [-0.2, -0.15) is 5.10 Å². The van der Waals surface area contributed by atoms with E-state index in [4.69, 9.17) is 9.47 Å². The summed E-state index contributed by atoms with van der Waals surface area (Å²) in [6.07, 6.45) is 1.74. The molecular weight excluding hydrogens is 282 g/mol. The van der Waals surface area contributed by atoms with Gasteiger partial charge in [-0.3, -0.25) is 9.48 Å². The van der Waals surface area contributed by atoms with Gasteiger partial charge in [0, 0.05) is 31.4 Å². The number of hydrogen-bond donors (Lipinski definition) is 0. The molecule has 0 radical (unpaired) electrons. The van der Waals surface area contributed by atoms with Crippen molar-refractivity contribution in [2.24, 2.45) is 0 Å². The van der Waals surface area contributed by atoms with Crippen LogP contribution >= 0.6 is 0 Å². The Hall–Kier alpha value is -2.50. The van der Waals surface area contributed by atoms with Gasteiger partial charge >= 0.3 is 0 Å². The van der Waals surface area contributed by atoms with Crippen molar-refractivity contribution in [2.75, 3.05) is 21.3 Å². The van der Waals surface area contributed by atoms with Crippen LogP contribution in [0.15, 0.2) is 30.5 Å². The lowest BCUT2D eigenvalue weighted by Crippen LogP contribution is -2.27. The minimum absolute atomic E-state index is 0.0962. The van der Waals surface area contributed by atoms with Gasteiger partial charge in [-0.15, -0.1) is 0 Å². The van der Waals surface area contributed by atoms with Crippen molar-refractivity contribution in [1.82, 2.24) is 14.7 Å². The molecule has 2 rings (SSSR count). The molecule has 0 N–H and O–H groups in total. The Morgan fingerprint density at radius 3 is 2.41 bits per heavy atom. The number of amides is 1. The largest absolute Gasteiger partial charge is 0.497 e. The fourth-order valence-electron chi connectivity index (χ4n) is 2.25. The molecule has 1 aromatic heterocycles. The summed E-state index contributed by atoms with van der Waals surface area (Å²) in [5, 5.41) is 4.21.